The predicted molar refractivity (Wildman–Crippen MR) is 107 cm³/mol. The summed E-state index contributed by atoms with van der Waals surface area (Å²) in [6.45, 7) is 9.70. The highest BCUT2D eigenvalue weighted by atomic mass is 16.7. The van der Waals surface area contributed by atoms with Crippen LogP contribution in [-0.4, -0.2) is 40.7 Å². The Hall–Kier alpha value is -2.45. The van der Waals surface area contributed by atoms with Gasteiger partial charge < -0.3 is 20.4 Å². The monoisotopic (exact) mass is 368 g/mol. The molecular weight excluding hydrogens is 343 g/mol. The summed E-state index contributed by atoms with van der Waals surface area (Å²) < 4.78 is 12.3. The zero-order chi connectivity index (χ0) is 19.8. The number of fused-ring (bicyclic) bond motifs is 1. The number of rotatable bonds is 4. The quantitative estimate of drug-likeness (QED) is 0.635. The Morgan fingerprint density at radius 1 is 1.19 bits per heavy atom. The molecule has 0 saturated carbocycles. The van der Waals surface area contributed by atoms with Crippen LogP contribution in [0.1, 0.15) is 40.2 Å². The van der Waals surface area contributed by atoms with Gasteiger partial charge in [-0.05, 0) is 45.3 Å². The van der Waals surface area contributed by atoms with Crippen molar-refractivity contribution in [3.8, 4) is 0 Å². The van der Waals surface area contributed by atoms with Crippen molar-refractivity contribution in [2.45, 2.75) is 45.8 Å². The topological polar surface area (TPSA) is 99.4 Å². The Bertz CT molecular complexity index is 895. The Morgan fingerprint density at radius 3 is 2.44 bits per heavy atom. The minimum absolute atomic E-state index is 0.136. The molecule has 1 amide bonds. The van der Waals surface area contributed by atoms with E-state index in [1.165, 1.54) is 6.92 Å². The maximum Gasteiger partial charge on any atom is 0.492 e. The van der Waals surface area contributed by atoms with Crippen molar-refractivity contribution < 1.29 is 14.1 Å². The summed E-state index contributed by atoms with van der Waals surface area (Å²) in [7, 11) is -0.604. The van der Waals surface area contributed by atoms with E-state index in [0.29, 0.717) is 11.2 Å². The molecule has 0 unspecified atom stereocenters. The van der Waals surface area contributed by atoms with Gasteiger partial charge in [-0.1, -0.05) is 6.08 Å². The molecule has 0 atom stereocenters. The highest BCUT2D eigenvalue weighted by molar-refractivity contribution is 6.56. The molecule has 3 rings (SSSR count). The second-order valence-corrected chi connectivity index (χ2v) is 7.71. The average Bonchev–Trinajstić information content (AvgIpc) is 2.80. The lowest BCUT2D eigenvalue weighted by atomic mass is 9.76. The van der Waals surface area contributed by atoms with Crippen LogP contribution in [0, 0.1) is 0 Å². The number of hydrogen-bond donors (Lipinski definition) is 2. The van der Waals surface area contributed by atoms with Gasteiger partial charge in [-0.25, -0.2) is 0 Å². The Balaban J connectivity index is 2.07. The fraction of sp³-hybridized carbons (Fsp3) is 0.421. The van der Waals surface area contributed by atoms with E-state index in [-0.39, 0.29) is 12.5 Å². The minimum atomic E-state index is -0.604. The van der Waals surface area contributed by atoms with Crippen LogP contribution in [0.15, 0.2) is 30.0 Å². The van der Waals surface area contributed by atoms with E-state index >= 15 is 0 Å². The number of amides is 1. The lowest BCUT2D eigenvalue weighted by Gasteiger charge is -2.32. The third-order valence-electron chi connectivity index (χ3n) is 5.14. The summed E-state index contributed by atoms with van der Waals surface area (Å²) in [5.41, 5.74) is 8.73. The molecule has 2 aromatic rings. The first-order chi connectivity index (χ1) is 12.6. The number of nitrogens with zero attached hydrogens (tertiary/aromatic N) is 2. The first-order valence-electron chi connectivity index (χ1n) is 8.90. The van der Waals surface area contributed by atoms with E-state index < -0.39 is 18.3 Å². The number of nitrogen functional groups attached to an aromatic ring is 1. The molecule has 0 spiro atoms. The number of nitrogens with one attached hydrogen (secondary N) is 1. The maximum atomic E-state index is 11.5. The standard InChI is InChI=1S/C19H25BN4O3/c1-12(25)24-11-13(20-26-18(2,3)19(4,5)27-20)10-14-15(21)6-7-16-17(14)23-9-8-22-16/h6-10H,11,21H2,1-5H3,(H,24,25). The Morgan fingerprint density at radius 2 is 1.81 bits per heavy atom. The zero-order valence-corrected chi connectivity index (χ0v) is 16.4. The van der Waals surface area contributed by atoms with Crippen LogP contribution in [0.4, 0.5) is 5.69 Å². The minimum Gasteiger partial charge on any atom is -0.400 e. The molecule has 1 saturated heterocycles. The number of anilines is 1. The van der Waals surface area contributed by atoms with Crippen molar-refractivity contribution in [3.05, 3.63) is 35.6 Å². The molecule has 0 bridgehead atoms. The summed E-state index contributed by atoms with van der Waals surface area (Å²) >= 11 is 0. The molecule has 0 aliphatic carbocycles. The van der Waals surface area contributed by atoms with E-state index in [2.05, 4.69) is 15.3 Å². The summed E-state index contributed by atoms with van der Waals surface area (Å²) in [4.78, 5) is 20.2. The first-order valence-corrected chi connectivity index (χ1v) is 8.90. The number of carbonyl (C=O) groups is 1. The van der Waals surface area contributed by atoms with Crippen LogP contribution in [0.3, 0.4) is 0 Å². The van der Waals surface area contributed by atoms with Gasteiger partial charge >= 0.3 is 7.12 Å². The number of hydrogen-bond acceptors (Lipinski definition) is 6. The Labute approximate surface area is 159 Å². The smallest absolute Gasteiger partial charge is 0.400 e. The van der Waals surface area contributed by atoms with Crippen molar-refractivity contribution in [3.63, 3.8) is 0 Å². The number of aromatic nitrogens is 2. The highest BCUT2D eigenvalue weighted by Crippen LogP contribution is 2.39. The average molecular weight is 368 g/mol. The molecule has 1 aromatic heterocycles. The molecule has 142 valence electrons. The van der Waals surface area contributed by atoms with Gasteiger partial charge in [-0.3, -0.25) is 14.8 Å². The van der Waals surface area contributed by atoms with Crippen molar-refractivity contribution in [1.29, 1.82) is 0 Å². The van der Waals surface area contributed by atoms with E-state index in [1.54, 1.807) is 18.5 Å². The molecule has 3 N–H and O–H groups in total. The Kier molecular flexibility index (Phi) is 4.97. The number of benzene rings is 1. The van der Waals surface area contributed by atoms with Crippen molar-refractivity contribution in [1.82, 2.24) is 15.3 Å². The van der Waals surface area contributed by atoms with Gasteiger partial charge in [0, 0.05) is 37.1 Å². The van der Waals surface area contributed by atoms with Crippen LogP contribution in [0.25, 0.3) is 17.1 Å². The fourth-order valence-corrected chi connectivity index (χ4v) is 2.83. The van der Waals surface area contributed by atoms with Crippen LogP contribution < -0.4 is 11.1 Å². The number of carbonyl (C=O) groups excluding carboxylic acids is 1. The predicted octanol–water partition coefficient (Wildman–Crippen LogP) is 2.36. The first kappa shape index (κ1) is 19.3. The van der Waals surface area contributed by atoms with Crippen LogP contribution >= 0.6 is 0 Å². The molecule has 0 radical (unpaired) electrons. The molecule has 8 heteroatoms. The van der Waals surface area contributed by atoms with Crippen molar-refractivity contribution in [2.75, 3.05) is 12.3 Å². The lowest BCUT2D eigenvalue weighted by molar-refractivity contribution is -0.118. The summed E-state index contributed by atoms with van der Waals surface area (Å²) in [6, 6.07) is 3.63. The second kappa shape index (κ2) is 6.94. The van der Waals surface area contributed by atoms with Gasteiger partial charge in [0.25, 0.3) is 0 Å². The third-order valence-corrected chi connectivity index (χ3v) is 5.14. The van der Waals surface area contributed by atoms with E-state index in [0.717, 1.165) is 16.6 Å². The van der Waals surface area contributed by atoms with E-state index in [4.69, 9.17) is 15.0 Å². The molecule has 2 heterocycles. The maximum absolute atomic E-state index is 11.5. The molecule has 1 aromatic carbocycles. The molecule has 7 nitrogen and oxygen atoms in total. The van der Waals surface area contributed by atoms with Gasteiger partial charge in [0.1, 0.15) is 0 Å². The lowest BCUT2D eigenvalue weighted by Crippen LogP contribution is -2.41. The van der Waals surface area contributed by atoms with Gasteiger partial charge in [-0.15, -0.1) is 0 Å². The molecular formula is C19H25BN4O3. The van der Waals surface area contributed by atoms with Crippen LogP contribution in [0.2, 0.25) is 0 Å². The van der Waals surface area contributed by atoms with Gasteiger partial charge in [0.15, 0.2) is 0 Å². The van der Waals surface area contributed by atoms with Crippen molar-refractivity contribution in [2.24, 2.45) is 0 Å². The van der Waals surface area contributed by atoms with Gasteiger partial charge in [0.2, 0.25) is 5.91 Å². The molecule has 1 fully saturated rings. The fourth-order valence-electron chi connectivity index (χ4n) is 2.83. The molecule has 1 aliphatic heterocycles. The largest absolute Gasteiger partial charge is 0.492 e. The zero-order valence-electron chi connectivity index (χ0n) is 16.4. The second-order valence-electron chi connectivity index (χ2n) is 7.71. The normalized spacial score (nSPS) is 18.7. The number of nitrogens with two attached hydrogens (primary N) is 1. The third kappa shape index (κ3) is 3.82. The summed E-state index contributed by atoms with van der Waals surface area (Å²) in [6.07, 6.45) is 5.14. The van der Waals surface area contributed by atoms with Crippen molar-refractivity contribution >= 4 is 35.8 Å². The van der Waals surface area contributed by atoms with E-state index in [1.807, 2.05) is 39.8 Å². The SMILES string of the molecule is CC(=O)NCC(=Cc1c(N)ccc2nccnc12)B1OC(C)(C)C(C)(C)O1. The van der Waals surface area contributed by atoms with Gasteiger partial charge in [0.05, 0.1) is 22.2 Å². The van der Waals surface area contributed by atoms with E-state index in [9.17, 15) is 4.79 Å². The molecule has 27 heavy (non-hydrogen) atoms. The van der Waals surface area contributed by atoms with Crippen LogP contribution in [0.5, 0.6) is 0 Å². The van der Waals surface area contributed by atoms with Gasteiger partial charge in [-0.2, -0.15) is 0 Å². The summed E-state index contributed by atoms with van der Waals surface area (Å²) in [5.74, 6) is -0.136. The summed E-state index contributed by atoms with van der Waals surface area (Å²) in [5, 5.41) is 2.82. The highest BCUT2D eigenvalue weighted by Gasteiger charge is 2.52. The molecule has 1 aliphatic rings. The van der Waals surface area contributed by atoms with Crippen LogP contribution in [-0.2, 0) is 14.1 Å².